The Morgan fingerprint density at radius 2 is 1.92 bits per heavy atom. The van der Waals surface area contributed by atoms with Crippen molar-refractivity contribution in [2.45, 2.75) is 45.8 Å². The highest BCUT2D eigenvalue weighted by molar-refractivity contribution is 6.56. The molecule has 1 aliphatic heterocycles. The fourth-order valence-electron chi connectivity index (χ4n) is 2.34. The Kier molecular flexibility index (Phi) is 5.63. The first kappa shape index (κ1) is 19.5. The van der Waals surface area contributed by atoms with Gasteiger partial charge in [0.1, 0.15) is 0 Å². The number of hydrogen-bond donors (Lipinski definition) is 1. The highest BCUT2D eigenvalue weighted by atomic mass is 35.5. The van der Waals surface area contributed by atoms with Gasteiger partial charge < -0.3 is 14.6 Å². The van der Waals surface area contributed by atoms with E-state index in [0.29, 0.717) is 10.6 Å². The Hall–Kier alpha value is -1.81. The molecule has 1 aromatic carbocycles. The summed E-state index contributed by atoms with van der Waals surface area (Å²) in [7, 11) is -0.594. The molecule has 132 valence electrons. The van der Waals surface area contributed by atoms with Crippen molar-refractivity contribution in [1.29, 1.82) is 5.26 Å². The Balaban J connectivity index is 2.37. The molecule has 0 aliphatic carbocycles. The maximum atomic E-state index is 11.3. The van der Waals surface area contributed by atoms with E-state index in [0.717, 1.165) is 11.0 Å². The van der Waals surface area contributed by atoms with Crippen LogP contribution < -0.4 is 5.32 Å². The van der Waals surface area contributed by atoms with Crippen LogP contribution in [0.1, 0.15) is 45.7 Å². The molecule has 1 saturated heterocycles. The molecule has 0 unspecified atom stereocenters. The Morgan fingerprint density at radius 3 is 2.40 bits per heavy atom. The van der Waals surface area contributed by atoms with Crippen molar-refractivity contribution in [2.24, 2.45) is 0 Å². The minimum Gasteiger partial charge on any atom is -0.400 e. The lowest BCUT2D eigenvalue weighted by atomic mass is 9.77. The number of carbonyl (C=O) groups is 1. The minimum atomic E-state index is -0.594. The largest absolute Gasteiger partial charge is 0.492 e. The van der Waals surface area contributed by atoms with Crippen molar-refractivity contribution in [2.75, 3.05) is 6.54 Å². The molecule has 1 amide bonds. The van der Waals surface area contributed by atoms with Gasteiger partial charge in [-0.1, -0.05) is 23.7 Å². The lowest BCUT2D eigenvalue weighted by Crippen LogP contribution is -2.41. The first-order valence-corrected chi connectivity index (χ1v) is 8.44. The Bertz CT molecular complexity index is 737. The first-order chi connectivity index (χ1) is 11.6. The zero-order valence-electron chi connectivity index (χ0n) is 15.1. The number of hydrogen-bond acceptors (Lipinski definition) is 4. The highest BCUT2D eigenvalue weighted by Crippen LogP contribution is 2.39. The quantitative estimate of drug-likeness (QED) is 0.836. The predicted molar refractivity (Wildman–Crippen MR) is 98.9 cm³/mol. The number of nitrogens with one attached hydrogen (secondary N) is 1. The molecule has 7 heteroatoms. The molecule has 2 rings (SSSR count). The van der Waals surface area contributed by atoms with Crippen LogP contribution in [0, 0.1) is 11.3 Å². The molecule has 5 nitrogen and oxygen atoms in total. The smallest absolute Gasteiger partial charge is 0.400 e. The molecule has 0 spiro atoms. The number of benzene rings is 1. The molecule has 0 atom stereocenters. The third kappa shape index (κ3) is 4.43. The Morgan fingerprint density at radius 1 is 1.32 bits per heavy atom. The van der Waals surface area contributed by atoms with Crippen LogP contribution in [0.15, 0.2) is 23.7 Å². The molecule has 1 fully saturated rings. The second kappa shape index (κ2) is 7.21. The normalized spacial score (nSPS) is 18.8. The molecule has 25 heavy (non-hydrogen) atoms. The number of rotatable bonds is 4. The van der Waals surface area contributed by atoms with Gasteiger partial charge in [0.05, 0.1) is 22.8 Å². The SMILES string of the molecule is CC(=O)NCC(=Cc1ccc(C#N)cc1Cl)B1OC(C)(C)C(C)(C)O1. The van der Waals surface area contributed by atoms with Gasteiger partial charge in [0.25, 0.3) is 0 Å². The second-order valence-corrected chi connectivity index (χ2v) is 7.47. The monoisotopic (exact) mass is 360 g/mol. The first-order valence-electron chi connectivity index (χ1n) is 8.06. The maximum Gasteiger partial charge on any atom is 0.492 e. The molecule has 0 saturated carbocycles. The van der Waals surface area contributed by atoms with Crippen molar-refractivity contribution in [3.8, 4) is 6.07 Å². The fraction of sp³-hybridized carbons (Fsp3) is 0.444. The zero-order valence-corrected chi connectivity index (χ0v) is 15.9. The van der Waals surface area contributed by atoms with E-state index in [1.807, 2.05) is 33.8 Å². The standard InChI is InChI=1S/C18H22BClN2O3/c1-12(23)22-11-15(19-24-17(2,3)18(4,5)25-19)9-14-7-6-13(10-21)8-16(14)20/h6-9H,11H2,1-5H3,(H,22,23). The number of carbonyl (C=O) groups excluding carboxylic acids is 1. The van der Waals surface area contributed by atoms with Crippen LogP contribution in [0.4, 0.5) is 0 Å². The van der Waals surface area contributed by atoms with Crippen molar-refractivity contribution in [3.63, 3.8) is 0 Å². The molecule has 1 N–H and O–H groups in total. The van der Waals surface area contributed by atoms with Gasteiger partial charge >= 0.3 is 7.12 Å². The van der Waals surface area contributed by atoms with Crippen LogP contribution in [0.2, 0.25) is 5.02 Å². The van der Waals surface area contributed by atoms with Crippen molar-refractivity contribution in [1.82, 2.24) is 5.32 Å². The maximum absolute atomic E-state index is 11.3. The van der Waals surface area contributed by atoms with Crippen LogP contribution in [-0.4, -0.2) is 30.8 Å². The zero-order chi connectivity index (χ0) is 18.8. The third-order valence-corrected chi connectivity index (χ3v) is 4.90. The minimum absolute atomic E-state index is 0.145. The molecule has 1 aromatic rings. The van der Waals surface area contributed by atoms with E-state index in [1.165, 1.54) is 6.92 Å². The molecule has 0 radical (unpaired) electrons. The lowest BCUT2D eigenvalue weighted by molar-refractivity contribution is -0.118. The highest BCUT2D eigenvalue weighted by Gasteiger charge is 2.52. The number of nitrogens with zero attached hydrogens (tertiary/aromatic N) is 1. The van der Waals surface area contributed by atoms with Gasteiger partial charge in [-0.2, -0.15) is 5.26 Å². The van der Waals surface area contributed by atoms with Gasteiger partial charge in [-0.05, 0) is 50.9 Å². The summed E-state index contributed by atoms with van der Waals surface area (Å²) in [4.78, 5) is 11.3. The lowest BCUT2D eigenvalue weighted by Gasteiger charge is -2.32. The van der Waals surface area contributed by atoms with Crippen LogP contribution in [0.25, 0.3) is 6.08 Å². The van der Waals surface area contributed by atoms with Crippen molar-refractivity contribution >= 4 is 30.7 Å². The molecular formula is C18H22BClN2O3. The van der Waals surface area contributed by atoms with E-state index in [2.05, 4.69) is 11.4 Å². The molecule has 0 aromatic heterocycles. The van der Waals surface area contributed by atoms with Gasteiger partial charge in [0.2, 0.25) is 5.91 Å². The molecule has 0 bridgehead atoms. The predicted octanol–water partition coefficient (Wildman–Crippen LogP) is 3.36. The summed E-state index contributed by atoms with van der Waals surface area (Å²) in [5.41, 5.74) is 1.00. The topological polar surface area (TPSA) is 71.4 Å². The van der Waals surface area contributed by atoms with Gasteiger partial charge in [0.15, 0.2) is 0 Å². The van der Waals surface area contributed by atoms with E-state index >= 15 is 0 Å². The molecular weight excluding hydrogens is 338 g/mol. The van der Waals surface area contributed by atoms with Crippen LogP contribution in [0.5, 0.6) is 0 Å². The van der Waals surface area contributed by atoms with Crippen LogP contribution in [0.3, 0.4) is 0 Å². The van der Waals surface area contributed by atoms with Gasteiger partial charge in [-0.15, -0.1) is 0 Å². The summed E-state index contributed by atoms with van der Waals surface area (Å²) in [5, 5.41) is 12.2. The van der Waals surface area contributed by atoms with E-state index in [9.17, 15) is 4.79 Å². The number of halogens is 1. The van der Waals surface area contributed by atoms with E-state index in [1.54, 1.807) is 18.2 Å². The number of amides is 1. The third-order valence-electron chi connectivity index (χ3n) is 4.57. The summed E-state index contributed by atoms with van der Waals surface area (Å²) in [5.74, 6) is -0.145. The summed E-state index contributed by atoms with van der Waals surface area (Å²) in [6, 6.07) is 7.11. The average molecular weight is 361 g/mol. The van der Waals surface area contributed by atoms with Crippen LogP contribution >= 0.6 is 11.6 Å². The van der Waals surface area contributed by atoms with Gasteiger partial charge in [0, 0.05) is 18.5 Å². The van der Waals surface area contributed by atoms with Crippen molar-refractivity contribution in [3.05, 3.63) is 39.8 Å². The fourth-order valence-corrected chi connectivity index (χ4v) is 2.57. The van der Waals surface area contributed by atoms with Gasteiger partial charge in [-0.25, -0.2) is 0 Å². The van der Waals surface area contributed by atoms with Crippen LogP contribution in [-0.2, 0) is 14.1 Å². The summed E-state index contributed by atoms with van der Waals surface area (Å²) >= 11 is 6.27. The van der Waals surface area contributed by atoms with E-state index < -0.39 is 18.3 Å². The number of nitriles is 1. The van der Waals surface area contributed by atoms with E-state index in [4.69, 9.17) is 26.2 Å². The molecule has 1 heterocycles. The second-order valence-electron chi connectivity index (χ2n) is 7.07. The summed E-state index contributed by atoms with van der Waals surface area (Å²) in [6.45, 7) is 9.61. The van der Waals surface area contributed by atoms with Crippen molar-refractivity contribution < 1.29 is 14.1 Å². The van der Waals surface area contributed by atoms with Gasteiger partial charge in [-0.3, -0.25) is 4.79 Å². The average Bonchev–Trinajstić information content (AvgIpc) is 2.72. The Labute approximate surface area is 154 Å². The summed E-state index contributed by atoms with van der Waals surface area (Å²) < 4.78 is 12.2. The molecule has 1 aliphatic rings. The van der Waals surface area contributed by atoms with E-state index in [-0.39, 0.29) is 12.5 Å². The summed E-state index contributed by atoms with van der Waals surface area (Å²) in [6.07, 6.45) is 1.83.